The molecule has 3 rings (SSSR count). The van der Waals surface area contributed by atoms with Crippen molar-refractivity contribution in [3.8, 4) is 11.4 Å². The van der Waals surface area contributed by atoms with Crippen LogP contribution in [0.2, 0.25) is 5.02 Å². The number of rotatable bonds is 5. The number of amides is 1. The zero-order chi connectivity index (χ0) is 17.8. The highest BCUT2D eigenvalue weighted by atomic mass is 35.5. The number of carbonyl (C=O) groups is 1. The minimum Gasteiger partial charge on any atom is -0.496 e. The molecule has 1 amide bonds. The lowest BCUT2D eigenvalue weighted by Gasteiger charge is -2.10. The van der Waals surface area contributed by atoms with E-state index in [0.29, 0.717) is 10.7 Å². The maximum atomic E-state index is 12.3. The summed E-state index contributed by atoms with van der Waals surface area (Å²) in [6, 6.07) is 11.1. The number of aryl methyl sites for hydroxylation is 1. The summed E-state index contributed by atoms with van der Waals surface area (Å²) in [6.45, 7) is 1.96. The smallest absolute Gasteiger partial charge is 0.228 e. The number of halogens is 1. The van der Waals surface area contributed by atoms with E-state index in [9.17, 15) is 4.79 Å². The minimum absolute atomic E-state index is 0.114. The Kier molecular flexibility index (Phi) is 5.05. The second-order valence-electron chi connectivity index (χ2n) is 5.67. The number of methoxy groups -OCH3 is 1. The van der Waals surface area contributed by atoms with E-state index in [1.165, 1.54) is 0 Å². The van der Waals surface area contributed by atoms with E-state index in [1.54, 1.807) is 25.7 Å². The van der Waals surface area contributed by atoms with Crippen molar-refractivity contribution in [2.24, 2.45) is 0 Å². The number of benzene rings is 2. The number of ether oxygens (including phenoxy) is 1. The van der Waals surface area contributed by atoms with Crippen LogP contribution >= 0.6 is 11.6 Å². The van der Waals surface area contributed by atoms with Crippen LogP contribution < -0.4 is 10.1 Å². The highest BCUT2D eigenvalue weighted by molar-refractivity contribution is 6.32. The molecule has 0 aliphatic heterocycles. The van der Waals surface area contributed by atoms with Gasteiger partial charge in [0.2, 0.25) is 5.91 Å². The van der Waals surface area contributed by atoms with Gasteiger partial charge in [-0.1, -0.05) is 23.7 Å². The normalized spacial score (nSPS) is 10.5. The number of carbonyl (C=O) groups excluding carboxylic acids is 1. The molecule has 0 atom stereocenters. The van der Waals surface area contributed by atoms with E-state index in [4.69, 9.17) is 16.3 Å². The molecular weight excluding hydrogens is 338 g/mol. The Labute approximate surface area is 151 Å². The third-order valence-electron chi connectivity index (χ3n) is 3.85. The molecule has 0 saturated heterocycles. The Morgan fingerprint density at radius 1 is 1.28 bits per heavy atom. The van der Waals surface area contributed by atoms with Gasteiger partial charge in [0.1, 0.15) is 5.75 Å². The Morgan fingerprint density at radius 2 is 2.12 bits per heavy atom. The fourth-order valence-corrected chi connectivity index (χ4v) is 2.84. The van der Waals surface area contributed by atoms with E-state index >= 15 is 0 Å². The number of hydrogen-bond acceptors (Lipinski definition) is 3. The molecule has 0 saturated carbocycles. The van der Waals surface area contributed by atoms with Crippen LogP contribution in [0.5, 0.6) is 5.75 Å². The standard InChI is InChI=1S/C19H18ClN3O2/c1-13-3-4-14(9-18(13)25-2)10-19(24)22-15-5-6-17(16(20)11-15)23-8-7-21-12-23/h3-9,11-12H,10H2,1-2H3,(H,22,24). The quantitative estimate of drug-likeness (QED) is 0.752. The first-order valence-corrected chi connectivity index (χ1v) is 8.16. The molecular formula is C19H18ClN3O2. The van der Waals surface area contributed by atoms with Gasteiger partial charge >= 0.3 is 0 Å². The van der Waals surface area contributed by atoms with Gasteiger partial charge in [-0.15, -0.1) is 0 Å². The van der Waals surface area contributed by atoms with Crippen molar-refractivity contribution >= 4 is 23.2 Å². The van der Waals surface area contributed by atoms with Crippen LogP contribution in [0.15, 0.2) is 55.1 Å². The monoisotopic (exact) mass is 355 g/mol. The van der Waals surface area contributed by atoms with Crippen molar-refractivity contribution < 1.29 is 9.53 Å². The molecule has 0 bridgehead atoms. The molecule has 1 N–H and O–H groups in total. The zero-order valence-corrected chi connectivity index (χ0v) is 14.7. The summed E-state index contributed by atoms with van der Waals surface area (Å²) >= 11 is 6.31. The first-order valence-electron chi connectivity index (χ1n) is 7.78. The zero-order valence-electron chi connectivity index (χ0n) is 14.0. The average molecular weight is 356 g/mol. The lowest BCUT2D eigenvalue weighted by molar-refractivity contribution is -0.115. The van der Waals surface area contributed by atoms with E-state index < -0.39 is 0 Å². The fraction of sp³-hybridized carbons (Fsp3) is 0.158. The Morgan fingerprint density at radius 3 is 2.80 bits per heavy atom. The van der Waals surface area contributed by atoms with Crippen molar-refractivity contribution in [2.45, 2.75) is 13.3 Å². The van der Waals surface area contributed by atoms with E-state index in [-0.39, 0.29) is 12.3 Å². The largest absolute Gasteiger partial charge is 0.496 e. The second kappa shape index (κ2) is 7.40. The molecule has 0 aliphatic carbocycles. The summed E-state index contributed by atoms with van der Waals surface area (Å²) in [6.07, 6.45) is 5.42. The van der Waals surface area contributed by atoms with Gasteiger partial charge in [0, 0.05) is 18.1 Å². The molecule has 25 heavy (non-hydrogen) atoms. The molecule has 3 aromatic rings. The number of anilines is 1. The number of aromatic nitrogens is 2. The van der Waals surface area contributed by atoms with Crippen LogP contribution in [0.1, 0.15) is 11.1 Å². The van der Waals surface area contributed by atoms with Crippen LogP contribution in [-0.4, -0.2) is 22.6 Å². The average Bonchev–Trinajstić information content (AvgIpc) is 3.11. The molecule has 0 spiro atoms. The van der Waals surface area contributed by atoms with E-state index in [0.717, 1.165) is 22.6 Å². The molecule has 128 valence electrons. The van der Waals surface area contributed by atoms with Crippen molar-refractivity contribution in [2.75, 3.05) is 12.4 Å². The van der Waals surface area contributed by atoms with Crippen molar-refractivity contribution in [1.29, 1.82) is 0 Å². The van der Waals surface area contributed by atoms with Gasteiger partial charge in [-0.3, -0.25) is 4.79 Å². The molecule has 0 fully saturated rings. The van der Waals surface area contributed by atoms with Crippen LogP contribution in [0.25, 0.3) is 5.69 Å². The Bertz CT molecular complexity index is 892. The number of hydrogen-bond donors (Lipinski definition) is 1. The Balaban J connectivity index is 1.70. The van der Waals surface area contributed by atoms with Crippen LogP contribution in [-0.2, 0) is 11.2 Å². The fourth-order valence-electron chi connectivity index (χ4n) is 2.56. The first-order chi connectivity index (χ1) is 12.1. The molecule has 0 unspecified atom stereocenters. The van der Waals surface area contributed by atoms with Gasteiger partial charge in [-0.2, -0.15) is 0 Å². The maximum Gasteiger partial charge on any atom is 0.228 e. The predicted octanol–water partition coefficient (Wildman–Crippen LogP) is 4.02. The number of imidazole rings is 1. The highest BCUT2D eigenvalue weighted by Crippen LogP contribution is 2.24. The summed E-state index contributed by atoms with van der Waals surface area (Å²) < 4.78 is 7.11. The molecule has 0 aliphatic rings. The van der Waals surface area contributed by atoms with Crippen LogP contribution in [0, 0.1) is 6.92 Å². The van der Waals surface area contributed by atoms with Gasteiger partial charge in [0.25, 0.3) is 0 Å². The molecule has 0 radical (unpaired) electrons. The van der Waals surface area contributed by atoms with Crippen molar-refractivity contribution in [1.82, 2.24) is 9.55 Å². The van der Waals surface area contributed by atoms with Crippen molar-refractivity contribution in [3.63, 3.8) is 0 Å². The first kappa shape index (κ1) is 17.0. The third kappa shape index (κ3) is 4.00. The molecule has 6 heteroatoms. The van der Waals surface area contributed by atoms with Gasteiger partial charge < -0.3 is 14.6 Å². The van der Waals surface area contributed by atoms with Crippen LogP contribution in [0.3, 0.4) is 0 Å². The summed E-state index contributed by atoms with van der Waals surface area (Å²) in [4.78, 5) is 16.3. The lowest BCUT2D eigenvalue weighted by Crippen LogP contribution is -2.14. The van der Waals surface area contributed by atoms with Crippen LogP contribution in [0.4, 0.5) is 5.69 Å². The summed E-state index contributed by atoms with van der Waals surface area (Å²) in [5.74, 6) is 0.662. The number of nitrogens with one attached hydrogen (secondary N) is 1. The molecule has 1 heterocycles. The lowest BCUT2D eigenvalue weighted by atomic mass is 10.1. The summed E-state index contributed by atoms with van der Waals surface area (Å²) in [5.41, 5.74) is 3.38. The second-order valence-corrected chi connectivity index (χ2v) is 6.07. The van der Waals surface area contributed by atoms with Gasteiger partial charge in [-0.25, -0.2) is 4.98 Å². The molecule has 2 aromatic carbocycles. The minimum atomic E-state index is -0.114. The summed E-state index contributed by atoms with van der Waals surface area (Å²) in [5, 5.41) is 3.40. The Hall–Kier alpha value is -2.79. The SMILES string of the molecule is COc1cc(CC(=O)Nc2ccc(-n3ccnc3)c(Cl)c2)ccc1C. The van der Waals surface area contributed by atoms with Gasteiger partial charge in [0.05, 0.1) is 30.6 Å². The topological polar surface area (TPSA) is 56.1 Å². The van der Waals surface area contributed by atoms with E-state index in [1.807, 2.05) is 48.0 Å². The van der Waals surface area contributed by atoms with Crippen molar-refractivity contribution in [3.05, 3.63) is 71.3 Å². The third-order valence-corrected chi connectivity index (χ3v) is 4.15. The predicted molar refractivity (Wildman–Crippen MR) is 98.6 cm³/mol. The molecule has 1 aromatic heterocycles. The maximum absolute atomic E-state index is 12.3. The highest BCUT2D eigenvalue weighted by Gasteiger charge is 2.09. The number of nitrogens with zero attached hydrogens (tertiary/aromatic N) is 2. The molecule has 5 nitrogen and oxygen atoms in total. The van der Waals surface area contributed by atoms with Gasteiger partial charge in [0.15, 0.2) is 0 Å². The van der Waals surface area contributed by atoms with E-state index in [2.05, 4.69) is 10.3 Å². The van der Waals surface area contributed by atoms with Gasteiger partial charge in [-0.05, 0) is 42.3 Å². The summed E-state index contributed by atoms with van der Waals surface area (Å²) in [7, 11) is 1.62.